The zero-order valence-corrected chi connectivity index (χ0v) is 12.9. The summed E-state index contributed by atoms with van der Waals surface area (Å²) in [5.41, 5.74) is 1.01. The number of hydrogen-bond donors (Lipinski definition) is 0. The van der Waals surface area contributed by atoms with Crippen LogP contribution in [0, 0.1) is 6.92 Å². The Hall–Kier alpha value is -1.50. The average Bonchev–Trinajstić information content (AvgIpc) is 3.06. The van der Waals surface area contributed by atoms with E-state index in [4.69, 9.17) is 4.74 Å². The van der Waals surface area contributed by atoms with E-state index < -0.39 is 0 Å². The number of ether oxygens (including phenoxy) is 1. The van der Waals surface area contributed by atoms with Crippen molar-refractivity contribution in [3.05, 3.63) is 39.1 Å². The van der Waals surface area contributed by atoms with Crippen molar-refractivity contribution in [1.29, 1.82) is 0 Å². The maximum Gasteiger partial charge on any atom is 0.263 e. The van der Waals surface area contributed by atoms with E-state index in [1.165, 1.54) is 11.3 Å². The highest BCUT2D eigenvalue weighted by molar-refractivity contribution is 7.18. The standard InChI is InChI=1S/C14H14N2O2S2/c1-9-15-13-12(14(17)16(9)5-6-18-2)10(8-20-13)11-4-3-7-19-11/h3-4,7-8H,5-6H2,1-2H3. The third-order valence-electron chi connectivity index (χ3n) is 3.19. The van der Waals surface area contributed by atoms with Gasteiger partial charge in [0.15, 0.2) is 0 Å². The Labute approximate surface area is 124 Å². The van der Waals surface area contributed by atoms with E-state index in [9.17, 15) is 4.79 Å². The molecule has 0 aliphatic heterocycles. The summed E-state index contributed by atoms with van der Waals surface area (Å²) in [6.45, 7) is 2.90. The highest BCUT2D eigenvalue weighted by atomic mass is 32.1. The van der Waals surface area contributed by atoms with Crippen LogP contribution in [-0.2, 0) is 11.3 Å². The monoisotopic (exact) mass is 306 g/mol. The van der Waals surface area contributed by atoms with Crippen LogP contribution >= 0.6 is 22.7 Å². The van der Waals surface area contributed by atoms with Crippen molar-refractivity contribution < 1.29 is 4.74 Å². The largest absolute Gasteiger partial charge is 0.383 e. The molecule has 0 unspecified atom stereocenters. The summed E-state index contributed by atoms with van der Waals surface area (Å²) >= 11 is 3.16. The van der Waals surface area contributed by atoms with E-state index in [1.54, 1.807) is 23.0 Å². The van der Waals surface area contributed by atoms with Crippen LogP contribution in [0.5, 0.6) is 0 Å². The molecule has 4 nitrogen and oxygen atoms in total. The normalized spacial score (nSPS) is 11.3. The Morgan fingerprint density at radius 1 is 1.40 bits per heavy atom. The molecule has 0 N–H and O–H groups in total. The zero-order chi connectivity index (χ0) is 14.1. The first-order chi connectivity index (χ1) is 9.72. The second kappa shape index (κ2) is 5.47. The molecule has 0 saturated carbocycles. The SMILES string of the molecule is COCCn1c(C)nc2scc(-c3cccs3)c2c1=O. The molecule has 3 heterocycles. The molecule has 20 heavy (non-hydrogen) atoms. The van der Waals surface area contributed by atoms with Gasteiger partial charge in [0.1, 0.15) is 10.7 Å². The van der Waals surface area contributed by atoms with Gasteiger partial charge in [-0.1, -0.05) is 6.07 Å². The van der Waals surface area contributed by atoms with Crippen LogP contribution in [0.15, 0.2) is 27.7 Å². The van der Waals surface area contributed by atoms with Gasteiger partial charge in [0.05, 0.1) is 18.5 Å². The van der Waals surface area contributed by atoms with E-state index in [2.05, 4.69) is 4.98 Å². The third kappa shape index (κ3) is 2.19. The van der Waals surface area contributed by atoms with Gasteiger partial charge in [-0.05, 0) is 18.4 Å². The van der Waals surface area contributed by atoms with Gasteiger partial charge < -0.3 is 4.74 Å². The summed E-state index contributed by atoms with van der Waals surface area (Å²) in [5.74, 6) is 0.735. The first-order valence-corrected chi connectivity index (χ1v) is 7.99. The van der Waals surface area contributed by atoms with Gasteiger partial charge in [0.2, 0.25) is 0 Å². The molecule has 0 saturated heterocycles. The first-order valence-electron chi connectivity index (χ1n) is 6.24. The van der Waals surface area contributed by atoms with Crippen molar-refractivity contribution in [3.8, 4) is 10.4 Å². The number of methoxy groups -OCH3 is 1. The zero-order valence-electron chi connectivity index (χ0n) is 11.3. The second-order valence-corrected chi connectivity index (χ2v) is 6.22. The number of aromatic nitrogens is 2. The summed E-state index contributed by atoms with van der Waals surface area (Å²) in [5, 5.41) is 4.76. The Balaban J connectivity index is 2.23. The van der Waals surface area contributed by atoms with E-state index in [0.29, 0.717) is 13.2 Å². The molecule has 0 aliphatic rings. The minimum Gasteiger partial charge on any atom is -0.383 e. The molecule has 3 aromatic rings. The van der Waals surface area contributed by atoms with Crippen LogP contribution in [0.25, 0.3) is 20.7 Å². The van der Waals surface area contributed by atoms with Gasteiger partial charge in [-0.15, -0.1) is 22.7 Å². The van der Waals surface area contributed by atoms with Gasteiger partial charge in [0, 0.05) is 22.9 Å². The van der Waals surface area contributed by atoms with Gasteiger partial charge in [0.25, 0.3) is 5.56 Å². The molecule has 104 valence electrons. The van der Waals surface area contributed by atoms with Gasteiger partial charge in [-0.25, -0.2) is 4.98 Å². The summed E-state index contributed by atoms with van der Waals surface area (Å²) in [6.07, 6.45) is 0. The predicted molar refractivity (Wildman–Crippen MR) is 83.8 cm³/mol. The molecular formula is C14H14N2O2S2. The third-order valence-corrected chi connectivity index (χ3v) is 4.97. The molecule has 0 amide bonds. The summed E-state index contributed by atoms with van der Waals surface area (Å²) in [7, 11) is 1.63. The molecule has 0 spiro atoms. The average molecular weight is 306 g/mol. The van der Waals surface area contributed by atoms with Gasteiger partial charge in [-0.3, -0.25) is 9.36 Å². The first kappa shape index (κ1) is 13.5. The highest BCUT2D eigenvalue weighted by Crippen LogP contribution is 2.33. The summed E-state index contributed by atoms with van der Waals surface area (Å²) < 4.78 is 6.76. The van der Waals surface area contributed by atoms with Crippen LogP contribution in [0.4, 0.5) is 0 Å². The molecule has 0 aliphatic carbocycles. The van der Waals surface area contributed by atoms with Gasteiger partial charge >= 0.3 is 0 Å². The van der Waals surface area contributed by atoms with Gasteiger partial charge in [-0.2, -0.15) is 0 Å². The van der Waals surface area contributed by atoms with Crippen molar-refractivity contribution >= 4 is 32.9 Å². The molecule has 0 bridgehead atoms. The summed E-state index contributed by atoms with van der Waals surface area (Å²) in [6, 6.07) is 4.03. The highest BCUT2D eigenvalue weighted by Gasteiger charge is 2.15. The van der Waals surface area contributed by atoms with Crippen LogP contribution < -0.4 is 5.56 Å². The van der Waals surface area contributed by atoms with Crippen molar-refractivity contribution in [2.24, 2.45) is 0 Å². The van der Waals surface area contributed by atoms with Crippen molar-refractivity contribution in [2.45, 2.75) is 13.5 Å². The van der Waals surface area contributed by atoms with E-state index in [1.807, 2.05) is 29.8 Å². The lowest BCUT2D eigenvalue weighted by atomic mass is 10.2. The Morgan fingerprint density at radius 3 is 2.95 bits per heavy atom. The number of rotatable bonds is 4. The molecule has 0 fully saturated rings. The van der Waals surface area contributed by atoms with E-state index in [0.717, 1.165) is 26.5 Å². The fourth-order valence-electron chi connectivity index (χ4n) is 2.18. The lowest BCUT2D eigenvalue weighted by molar-refractivity contribution is 0.185. The molecule has 0 radical (unpaired) electrons. The molecule has 6 heteroatoms. The number of aryl methyl sites for hydroxylation is 1. The molecule has 0 aromatic carbocycles. The predicted octanol–water partition coefficient (Wildman–Crippen LogP) is 3.14. The van der Waals surface area contributed by atoms with Crippen molar-refractivity contribution in [1.82, 2.24) is 9.55 Å². The number of hydrogen-bond acceptors (Lipinski definition) is 5. The number of nitrogens with zero attached hydrogens (tertiary/aromatic N) is 2. The van der Waals surface area contributed by atoms with Crippen LogP contribution in [0.1, 0.15) is 5.82 Å². The minimum absolute atomic E-state index is 0.0224. The van der Waals surface area contributed by atoms with E-state index in [-0.39, 0.29) is 5.56 Å². The van der Waals surface area contributed by atoms with Crippen molar-refractivity contribution in [3.63, 3.8) is 0 Å². The number of fused-ring (bicyclic) bond motifs is 1. The fourth-order valence-corrected chi connectivity index (χ4v) is 3.98. The van der Waals surface area contributed by atoms with Crippen LogP contribution in [-0.4, -0.2) is 23.3 Å². The Bertz CT molecular complexity index is 787. The van der Waals surface area contributed by atoms with Crippen LogP contribution in [0.3, 0.4) is 0 Å². The maximum atomic E-state index is 12.7. The minimum atomic E-state index is 0.0224. The smallest absolute Gasteiger partial charge is 0.263 e. The second-order valence-electron chi connectivity index (χ2n) is 4.42. The fraction of sp³-hybridized carbons (Fsp3) is 0.286. The lowest BCUT2D eigenvalue weighted by Gasteiger charge is -2.09. The lowest BCUT2D eigenvalue weighted by Crippen LogP contribution is -2.25. The molecular weight excluding hydrogens is 292 g/mol. The Kier molecular flexibility index (Phi) is 3.69. The van der Waals surface area contributed by atoms with Crippen molar-refractivity contribution in [2.75, 3.05) is 13.7 Å². The van der Waals surface area contributed by atoms with E-state index >= 15 is 0 Å². The molecule has 3 rings (SSSR count). The topological polar surface area (TPSA) is 44.1 Å². The quantitative estimate of drug-likeness (QED) is 0.744. The summed E-state index contributed by atoms with van der Waals surface area (Å²) in [4.78, 5) is 19.2. The molecule has 0 atom stereocenters. The maximum absolute atomic E-state index is 12.7. The number of thiophene rings is 2. The van der Waals surface area contributed by atoms with Crippen LogP contribution in [0.2, 0.25) is 0 Å². The molecule has 3 aromatic heterocycles. The Morgan fingerprint density at radius 2 is 2.25 bits per heavy atom.